The van der Waals surface area contributed by atoms with Gasteiger partial charge in [0.05, 0.1) is 21.6 Å². The topological polar surface area (TPSA) is 90.6 Å². The van der Waals surface area contributed by atoms with E-state index in [9.17, 15) is 8.42 Å². The molecule has 180 valence electrons. The number of benzene rings is 3. The maximum absolute atomic E-state index is 12.9. The van der Waals surface area contributed by atoms with Gasteiger partial charge in [0, 0.05) is 17.4 Å². The van der Waals surface area contributed by atoms with Crippen molar-refractivity contribution in [2.24, 2.45) is 0 Å². The van der Waals surface area contributed by atoms with E-state index in [4.69, 9.17) is 4.98 Å². The maximum atomic E-state index is 12.9. The van der Waals surface area contributed by atoms with Crippen molar-refractivity contribution >= 4 is 32.0 Å². The normalized spacial score (nSPS) is 12.0. The van der Waals surface area contributed by atoms with E-state index >= 15 is 0 Å². The number of aromatic amines is 2. The van der Waals surface area contributed by atoms with Gasteiger partial charge < -0.3 is 9.97 Å². The number of nitrogens with zero attached hydrogens (tertiary/aromatic N) is 1. The van der Waals surface area contributed by atoms with E-state index in [1.807, 2.05) is 54.6 Å². The Labute approximate surface area is 205 Å². The molecule has 5 rings (SSSR count). The number of aryl methyl sites for hydroxylation is 1. The van der Waals surface area contributed by atoms with Gasteiger partial charge >= 0.3 is 0 Å². The van der Waals surface area contributed by atoms with E-state index < -0.39 is 10.0 Å². The second-order valence-corrected chi connectivity index (χ2v) is 10.6. The van der Waals surface area contributed by atoms with Crippen LogP contribution in [0.25, 0.3) is 33.5 Å². The third-order valence-electron chi connectivity index (χ3n) is 6.41. The van der Waals surface area contributed by atoms with Gasteiger partial charge in [-0.3, -0.25) is 0 Å². The lowest BCUT2D eigenvalue weighted by molar-refractivity contribution is 0.581. The van der Waals surface area contributed by atoms with Gasteiger partial charge in [-0.1, -0.05) is 62.2 Å². The van der Waals surface area contributed by atoms with Crippen LogP contribution in [0.5, 0.6) is 0 Å². The highest BCUT2D eigenvalue weighted by Gasteiger charge is 2.18. The van der Waals surface area contributed by atoms with Gasteiger partial charge in [0.15, 0.2) is 5.82 Å². The predicted molar refractivity (Wildman–Crippen MR) is 142 cm³/mol. The monoisotopic (exact) mass is 486 g/mol. The molecule has 0 amide bonds. The van der Waals surface area contributed by atoms with Crippen LogP contribution in [-0.2, 0) is 22.9 Å². The molecule has 0 unspecified atom stereocenters. The minimum absolute atomic E-state index is 0.287. The smallest absolute Gasteiger partial charge is 0.240 e. The molecule has 0 spiro atoms. The molecule has 3 aromatic carbocycles. The second kappa shape index (κ2) is 10.1. The Bertz CT molecular complexity index is 1520. The zero-order valence-corrected chi connectivity index (χ0v) is 20.7. The van der Waals surface area contributed by atoms with Crippen molar-refractivity contribution in [2.45, 2.75) is 43.9 Å². The van der Waals surface area contributed by atoms with Gasteiger partial charge in [-0.15, -0.1) is 0 Å². The Morgan fingerprint density at radius 3 is 2.34 bits per heavy atom. The Balaban J connectivity index is 1.35. The van der Waals surface area contributed by atoms with Crippen molar-refractivity contribution < 1.29 is 8.42 Å². The van der Waals surface area contributed by atoms with E-state index in [2.05, 4.69) is 27.7 Å². The summed E-state index contributed by atoms with van der Waals surface area (Å²) in [6.45, 7) is 2.47. The molecule has 7 heteroatoms. The summed E-state index contributed by atoms with van der Waals surface area (Å²) in [7, 11) is -3.59. The maximum Gasteiger partial charge on any atom is 0.240 e. The number of unbranched alkanes of at least 4 members (excludes halogenated alkanes) is 2. The molecule has 6 nitrogen and oxygen atoms in total. The molecular formula is C28H30N4O2S. The summed E-state index contributed by atoms with van der Waals surface area (Å²) in [5.74, 6) is 0.749. The zero-order valence-electron chi connectivity index (χ0n) is 19.8. The number of imidazole rings is 1. The molecular weight excluding hydrogens is 456 g/mol. The van der Waals surface area contributed by atoms with E-state index in [1.54, 1.807) is 12.1 Å². The highest BCUT2D eigenvalue weighted by atomic mass is 32.2. The molecule has 0 aliphatic carbocycles. The quantitative estimate of drug-likeness (QED) is 0.213. The van der Waals surface area contributed by atoms with Crippen LogP contribution in [0.15, 0.2) is 77.7 Å². The standard InChI is InChI=1S/C28H30N4O2S/c1-2-3-4-9-20-14-16-21(17-15-20)35(33,34)29-19-18-23-22-10-5-6-11-24(22)30-27(23)28-31-25-12-7-8-13-26(25)32-28/h5-8,10-17,29-30H,2-4,9,18-19H2,1H3,(H,31,32). The largest absolute Gasteiger partial charge is 0.352 e. The fourth-order valence-electron chi connectivity index (χ4n) is 4.54. The van der Waals surface area contributed by atoms with Crippen molar-refractivity contribution in [3.63, 3.8) is 0 Å². The molecule has 0 saturated carbocycles. The van der Waals surface area contributed by atoms with Crippen LogP contribution < -0.4 is 4.72 Å². The minimum Gasteiger partial charge on any atom is -0.352 e. The summed E-state index contributed by atoms with van der Waals surface area (Å²) in [6.07, 6.45) is 4.99. The summed E-state index contributed by atoms with van der Waals surface area (Å²) in [5.41, 5.74) is 5.95. The van der Waals surface area contributed by atoms with Crippen molar-refractivity contribution in [1.82, 2.24) is 19.7 Å². The number of aromatic nitrogens is 3. The van der Waals surface area contributed by atoms with Crippen LogP contribution in [0.4, 0.5) is 0 Å². The van der Waals surface area contributed by atoms with Crippen LogP contribution in [0, 0.1) is 0 Å². The first-order valence-electron chi connectivity index (χ1n) is 12.2. The van der Waals surface area contributed by atoms with Crippen LogP contribution in [-0.4, -0.2) is 29.9 Å². The summed E-state index contributed by atoms with van der Waals surface area (Å²) in [6, 6.07) is 23.2. The molecule has 35 heavy (non-hydrogen) atoms. The Morgan fingerprint density at radius 1 is 0.829 bits per heavy atom. The van der Waals surface area contributed by atoms with Crippen molar-refractivity contribution in [3.8, 4) is 11.5 Å². The number of hydrogen-bond donors (Lipinski definition) is 3. The number of nitrogens with one attached hydrogen (secondary N) is 3. The fourth-order valence-corrected chi connectivity index (χ4v) is 5.57. The van der Waals surface area contributed by atoms with Crippen molar-refractivity contribution in [3.05, 3.63) is 83.9 Å². The molecule has 0 aliphatic heterocycles. The fraction of sp³-hybridized carbons (Fsp3) is 0.250. The van der Waals surface area contributed by atoms with E-state index in [1.165, 1.54) is 18.4 Å². The van der Waals surface area contributed by atoms with Crippen molar-refractivity contribution in [2.75, 3.05) is 6.54 Å². The number of fused-ring (bicyclic) bond motifs is 2. The number of para-hydroxylation sites is 3. The lowest BCUT2D eigenvalue weighted by Gasteiger charge is -2.09. The molecule has 0 radical (unpaired) electrons. The average molecular weight is 487 g/mol. The first-order valence-corrected chi connectivity index (χ1v) is 13.7. The van der Waals surface area contributed by atoms with Gasteiger partial charge in [0.2, 0.25) is 10.0 Å². The van der Waals surface area contributed by atoms with Crippen LogP contribution in [0.1, 0.15) is 37.3 Å². The van der Waals surface area contributed by atoms with E-state index in [0.29, 0.717) is 11.3 Å². The SMILES string of the molecule is CCCCCc1ccc(S(=O)(=O)NCCc2c(-c3nc4ccccc4[nH]3)[nH]c3ccccc23)cc1. The van der Waals surface area contributed by atoms with E-state index in [0.717, 1.165) is 51.9 Å². The third-order valence-corrected chi connectivity index (χ3v) is 7.89. The Hall–Kier alpha value is -3.42. The Morgan fingerprint density at radius 2 is 1.57 bits per heavy atom. The lowest BCUT2D eigenvalue weighted by Crippen LogP contribution is -2.26. The van der Waals surface area contributed by atoms with Crippen LogP contribution in [0.3, 0.4) is 0 Å². The molecule has 5 aromatic rings. The number of sulfonamides is 1. The minimum atomic E-state index is -3.59. The molecule has 0 aliphatic rings. The number of H-pyrrole nitrogens is 2. The summed E-state index contributed by atoms with van der Waals surface area (Å²) < 4.78 is 28.6. The highest BCUT2D eigenvalue weighted by Crippen LogP contribution is 2.30. The van der Waals surface area contributed by atoms with E-state index in [-0.39, 0.29) is 6.54 Å². The average Bonchev–Trinajstić information content (AvgIpc) is 3.46. The predicted octanol–water partition coefficient (Wildman–Crippen LogP) is 5.96. The van der Waals surface area contributed by atoms with Gasteiger partial charge in [0.1, 0.15) is 0 Å². The summed E-state index contributed by atoms with van der Waals surface area (Å²) in [4.78, 5) is 11.9. The molecule has 0 bridgehead atoms. The lowest BCUT2D eigenvalue weighted by atomic mass is 10.1. The first-order chi connectivity index (χ1) is 17.0. The zero-order chi connectivity index (χ0) is 24.3. The number of rotatable bonds is 10. The molecule has 2 aromatic heterocycles. The Kier molecular flexibility index (Phi) is 6.70. The van der Waals surface area contributed by atoms with Crippen LogP contribution in [0.2, 0.25) is 0 Å². The summed E-state index contributed by atoms with van der Waals surface area (Å²) >= 11 is 0. The molecule has 0 atom stereocenters. The van der Waals surface area contributed by atoms with Crippen molar-refractivity contribution in [1.29, 1.82) is 0 Å². The second-order valence-electron chi connectivity index (χ2n) is 8.88. The highest BCUT2D eigenvalue weighted by molar-refractivity contribution is 7.89. The molecule has 0 saturated heterocycles. The molecule has 0 fully saturated rings. The first kappa shape index (κ1) is 23.3. The number of hydrogen-bond acceptors (Lipinski definition) is 3. The van der Waals surface area contributed by atoms with Gasteiger partial charge in [-0.2, -0.15) is 0 Å². The van der Waals surface area contributed by atoms with Gasteiger partial charge in [-0.05, 0) is 60.7 Å². The molecule has 2 heterocycles. The van der Waals surface area contributed by atoms with Gasteiger partial charge in [0.25, 0.3) is 0 Å². The van der Waals surface area contributed by atoms with Crippen LogP contribution >= 0.6 is 0 Å². The third kappa shape index (κ3) is 5.01. The van der Waals surface area contributed by atoms with Gasteiger partial charge in [-0.25, -0.2) is 18.1 Å². The molecule has 3 N–H and O–H groups in total. The summed E-state index contributed by atoms with van der Waals surface area (Å²) in [5, 5.41) is 1.07.